The molecule has 0 unspecified atom stereocenters. The van der Waals surface area contributed by atoms with Crippen LogP contribution in [0.15, 0.2) is 48.7 Å². The molecule has 0 fully saturated rings. The summed E-state index contributed by atoms with van der Waals surface area (Å²) in [5, 5.41) is 17.4. The summed E-state index contributed by atoms with van der Waals surface area (Å²) in [4.78, 5) is 25.1. The molecule has 0 saturated carbocycles. The Hall–Kier alpha value is -3.78. The van der Waals surface area contributed by atoms with Crippen molar-refractivity contribution in [2.45, 2.75) is 6.92 Å². The summed E-state index contributed by atoms with van der Waals surface area (Å²) >= 11 is 0. The zero-order chi connectivity index (χ0) is 21.1. The lowest BCUT2D eigenvalue weighted by molar-refractivity contribution is 0.0697. The number of aryl methyl sites for hydroxylation is 1. The maximum Gasteiger partial charge on any atom is 0.335 e. The summed E-state index contributed by atoms with van der Waals surface area (Å²) in [7, 11) is 1.63. The maximum atomic E-state index is 11.4. The minimum absolute atomic E-state index is 0.176. The number of hydrogen-bond donors (Lipinski definition) is 3. The number of hydrogen-bond acceptors (Lipinski definition) is 7. The van der Waals surface area contributed by atoms with Crippen LogP contribution in [0.2, 0.25) is 0 Å². The highest BCUT2D eigenvalue weighted by Crippen LogP contribution is 2.31. The number of carbonyl (C=O) groups is 1. The fourth-order valence-electron chi connectivity index (χ4n) is 3.21. The molecule has 0 saturated heterocycles. The van der Waals surface area contributed by atoms with Gasteiger partial charge in [0.1, 0.15) is 5.52 Å². The van der Waals surface area contributed by atoms with Crippen molar-refractivity contribution >= 4 is 45.2 Å². The van der Waals surface area contributed by atoms with Crippen LogP contribution in [-0.4, -0.2) is 46.3 Å². The first-order valence-electron chi connectivity index (χ1n) is 9.45. The van der Waals surface area contributed by atoms with Crippen LogP contribution in [0.1, 0.15) is 15.9 Å². The second-order valence-electron chi connectivity index (χ2n) is 6.87. The molecular weight excluding hydrogens is 382 g/mol. The van der Waals surface area contributed by atoms with Crippen molar-refractivity contribution in [2.75, 3.05) is 30.9 Å². The molecule has 0 amide bonds. The number of nitrogens with one attached hydrogen (secondary N) is 2. The van der Waals surface area contributed by atoms with Crippen LogP contribution >= 0.6 is 0 Å². The molecule has 2 heterocycles. The van der Waals surface area contributed by atoms with Gasteiger partial charge < -0.3 is 20.5 Å². The average Bonchev–Trinajstić information content (AvgIpc) is 2.73. The quantitative estimate of drug-likeness (QED) is 0.314. The van der Waals surface area contributed by atoms with Crippen LogP contribution in [-0.2, 0) is 4.74 Å². The fourth-order valence-corrected chi connectivity index (χ4v) is 3.21. The van der Waals surface area contributed by atoms with Gasteiger partial charge in [0.05, 0.1) is 17.7 Å². The summed E-state index contributed by atoms with van der Waals surface area (Å²) in [5.41, 5.74) is 3.35. The van der Waals surface area contributed by atoms with Crippen molar-refractivity contribution in [1.29, 1.82) is 0 Å². The van der Waals surface area contributed by atoms with Crippen molar-refractivity contribution in [2.24, 2.45) is 0 Å². The number of aromatic carboxylic acids is 1. The van der Waals surface area contributed by atoms with E-state index < -0.39 is 5.97 Å². The third kappa shape index (κ3) is 3.99. The first-order valence-corrected chi connectivity index (χ1v) is 9.45. The van der Waals surface area contributed by atoms with E-state index in [1.54, 1.807) is 31.5 Å². The van der Waals surface area contributed by atoms with Gasteiger partial charge in [-0.3, -0.25) is 0 Å². The van der Waals surface area contributed by atoms with Crippen LogP contribution in [0.3, 0.4) is 0 Å². The maximum absolute atomic E-state index is 11.4. The zero-order valence-corrected chi connectivity index (χ0v) is 16.6. The molecule has 0 atom stereocenters. The lowest BCUT2D eigenvalue weighted by Gasteiger charge is -2.13. The Balaban J connectivity index is 1.88. The lowest BCUT2D eigenvalue weighted by atomic mass is 10.1. The molecule has 0 aliphatic carbocycles. The molecule has 8 heteroatoms. The standard InChI is InChI=1S/C22H21N5O3/c1-13-4-3-5-15(10-13)25-20-19-17(12-24-22(27-19)23-8-9-30-2)16-7-6-14(21(28)29)11-18(16)26-20/h3-7,10-12H,8-9H2,1-2H3,(H,25,26)(H,28,29)(H,23,24,27). The van der Waals surface area contributed by atoms with Crippen molar-refractivity contribution < 1.29 is 14.6 Å². The molecule has 4 aromatic rings. The van der Waals surface area contributed by atoms with Gasteiger partial charge in [0.25, 0.3) is 0 Å². The predicted octanol–water partition coefficient (Wildman–Crippen LogP) is 3.99. The van der Waals surface area contributed by atoms with Crippen molar-refractivity contribution in [3.63, 3.8) is 0 Å². The summed E-state index contributed by atoms with van der Waals surface area (Å²) in [6.07, 6.45) is 1.73. The van der Waals surface area contributed by atoms with Gasteiger partial charge in [0, 0.05) is 36.3 Å². The molecule has 0 bridgehead atoms. The molecule has 0 aliphatic rings. The summed E-state index contributed by atoms with van der Waals surface area (Å²) < 4.78 is 5.06. The van der Waals surface area contributed by atoms with E-state index >= 15 is 0 Å². The van der Waals surface area contributed by atoms with E-state index in [9.17, 15) is 9.90 Å². The highest BCUT2D eigenvalue weighted by Gasteiger charge is 2.14. The molecule has 2 aromatic carbocycles. The largest absolute Gasteiger partial charge is 0.478 e. The first-order chi connectivity index (χ1) is 14.5. The number of nitrogens with zero attached hydrogens (tertiary/aromatic N) is 3. The van der Waals surface area contributed by atoms with Crippen molar-refractivity contribution in [3.05, 3.63) is 59.8 Å². The van der Waals surface area contributed by atoms with Gasteiger partial charge in [-0.25, -0.2) is 19.7 Å². The number of carboxylic acids is 1. The van der Waals surface area contributed by atoms with Crippen LogP contribution < -0.4 is 10.6 Å². The molecule has 152 valence electrons. The molecular formula is C22H21N5O3. The second kappa shape index (κ2) is 8.30. The molecule has 30 heavy (non-hydrogen) atoms. The number of pyridine rings is 1. The summed E-state index contributed by atoms with van der Waals surface area (Å²) in [6, 6.07) is 12.8. The number of benzene rings is 2. The van der Waals surface area contributed by atoms with E-state index in [2.05, 4.69) is 20.6 Å². The van der Waals surface area contributed by atoms with Crippen LogP contribution in [0.25, 0.3) is 21.8 Å². The minimum Gasteiger partial charge on any atom is -0.478 e. The van der Waals surface area contributed by atoms with E-state index in [1.165, 1.54) is 0 Å². The van der Waals surface area contributed by atoms with Gasteiger partial charge in [0.2, 0.25) is 5.95 Å². The van der Waals surface area contributed by atoms with Gasteiger partial charge in [-0.05, 0) is 36.8 Å². The Labute approximate surface area is 173 Å². The molecule has 0 spiro atoms. The van der Waals surface area contributed by atoms with Crippen LogP contribution in [0, 0.1) is 6.92 Å². The van der Waals surface area contributed by atoms with Crippen LogP contribution in [0.4, 0.5) is 17.5 Å². The molecule has 8 nitrogen and oxygen atoms in total. The number of methoxy groups -OCH3 is 1. The van der Waals surface area contributed by atoms with E-state index in [1.807, 2.05) is 31.2 Å². The number of aromatic nitrogens is 3. The van der Waals surface area contributed by atoms with Gasteiger partial charge in [-0.15, -0.1) is 0 Å². The minimum atomic E-state index is -0.999. The second-order valence-corrected chi connectivity index (χ2v) is 6.87. The predicted molar refractivity (Wildman–Crippen MR) is 117 cm³/mol. The SMILES string of the molecule is COCCNc1ncc2c(n1)c(Nc1cccc(C)c1)nc1cc(C(=O)O)ccc12. The van der Waals surface area contributed by atoms with Crippen molar-refractivity contribution in [1.82, 2.24) is 15.0 Å². The van der Waals surface area contributed by atoms with Crippen molar-refractivity contribution in [3.8, 4) is 0 Å². The number of ether oxygens (including phenoxy) is 1. The Morgan fingerprint density at radius 2 is 2.00 bits per heavy atom. The van der Waals surface area contributed by atoms with E-state index in [0.717, 1.165) is 22.0 Å². The average molecular weight is 403 g/mol. The van der Waals surface area contributed by atoms with Gasteiger partial charge in [-0.1, -0.05) is 18.2 Å². The third-order valence-electron chi connectivity index (χ3n) is 4.65. The van der Waals surface area contributed by atoms with E-state index in [4.69, 9.17) is 9.72 Å². The van der Waals surface area contributed by atoms with E-state index in [0.29, 0.717) is 36.0 Å². The number of anilines is 3. The summed E-state index contributed by atoms with van der Waals surface area (Å²) in [6.45, 7) is 3.12. The lowest BCUT2D eigenvalue weighted by Crippen LogP contribution is -2.10. The molecule has 0 radical (unpaired) electrons. The topological polar surface area (TPSA) is 109 Å². The van der Waals surface area contributed by atoms with Gasteiger partial charge >= 0.3 is 5.97 Å². The normalized spacial score (nSPS) is 11.0. The first kappa shape index (κ1) is 19.5. The smallest absolute Gasteiger partial charge is 0.335 e. The number of carboxylic acid groups (broad SMARTS) is 1. The monoisotopic (exact) mass is 403 g/mol. The van der Waals surface area contributed by atoms with Gasteiger partial charge in [0.15, 0.2) is 5.82 Å². The zero-order valence-electron chi connectivity index (χ0n) is 16.6. The molecule has 4 rings (SSSR count). The highest BCUT2D eigenvalue weighted by molar-refractivity contribution is 6.10. The van der Waals surface area contributed by atoms with Gasteiger partial charge in [-0.2, -0.15) is 0 Å². The Kier molecular flexibility index (Phi) is 5.40. The van der Waals surface area contributed by atoms with E-state index in [-0.39, 0.29) is 5.56 Å². The Morgan fingerprint density at radius 1 is 1.13 bits per heavy atom. The molecule has 3 N–H and O–H groups in total. The Bertz CT molecular complexity index is 1240. The molecule has 0 aliphatic heterocycles. The highest BCUT2D eigenvalue weighted by atomic mass is 16.5. The molecule has 2 aromatic heterocycles. The Morgan fingerprint density at radius 3 is 2.77 bits per heavy atom. The fraction of sp³-hybridized carbons (Fsp3) is 0.182. The summed E-state index contributed by atoms with van der Waals surface area (Å²) in [5.74, 6) is -0.00101. The van der Waals surface area contributed by atoms with Crippen LogP contribution in [0.5, 0.6) is 0 Å². The number of fused-ring (bicyclic) bond motifs is 3. The third-order valence-corrected chi connectivity index (χ3v) is 4.65. The number of rotatable bonds is 7.